The Bertz CT molecular complexity index is 772. The zero-order chi connectivity index (χ0) is 16.3. The molecule has 0 bridgehead atoms. The van der Waals surface area contributed by atoms with Crippen molar-refractivity contribution in [2.45, 2.75) is 32.1 Å². The lowest BCUT2D eigenvalue weighted by atomic mass is 10.0. The minimum Gasteiger partial charge on any atom is -0.370 e. The number of ether oxygens (including phenoxy) is 1. The molecule has 1 fully saturated rings. The fourth-order valence-corrected chi connectivity index (χ4v) is 4.97. The zero-order valence-corrected chi connectivity index (χ0v) is 14.2. The molecule has 1 aromatic rings. The Kier molecular flexibility index (Phi) is 3.21. The highest BCUT2D eigenvalue weighted by molar-refractivity contribution is 8.18. The number of nitrogens with zero attached hydrogens (tertiary/aromatic N) is 6. The van der Waals surface area contributed by atoms with Crippen LogP contribution in [0.1, 0.15) is 25.1 Å². The summed E-state index contributed by atoms with van der Waals surface area (Å²) in [6, 6.07) is 0.0541. The van der Waals surface area contributed by atoms with Crippen LogP contribution < -0.4 is 0 Å². The van der Waals surface area contributed by atoms with Gasteiger partial charge in [-0.2, -0.15) is 0 Å². The summed E-state index contributed by atoms with van der Waals surface area (Å²) in [5.41, 5.74) is 2.01. The van der Waals surface area contributed by atoms with Crippen LogP contribution in [0.25, 0.3) is 0 Å². The van der Waals surface area contributed by atoms with Gasteiger partial charge >= 0.3 is 0 Å². The number of rotatable bonds is 1. The molecule has 5 heterocycles. The summed E-state index contributed by atoms with van der Waals surface area (Å²) in [6.07, 6.45) is 2.68. The second-order valence-corrected chi connectivity index (χ2v) is 7.44. The minimum atomic E-state index is 0.0541. The van der Waals surface area contributed by atoms with Gasteiger partial charge < -0.3 is 14.5 Å². The molecule has 2 atom stereocenters. The largest absolute Gasteiger partial charge is 0.370 e. The van der Waals surface area contributed by atoms with Gasteiger partial charge in [0, 0.05) is 25.3 Å². The predicted octanol–water partition coefficient (Wildman–Crippen LogP) is 0.600. The number of aliphatic imine (C=N–C) groups is 1. The van der Waals surface area contributed by atoms with E-state index in [0.717, 1.165) is 41.0 Å². The number of amides is 1. The first kappa shape index (κ1) is 14.5. The molecule has 4 aliphatic heterocycles. The van der Waals surface area contributed by atoms with E-state index >= 15 is 0 Å². The summed E-state index contributed by atoms with van der Waals surface area (Å²) < 4.78 is 7.85. The van der Waals surface area contributed by atoms with Crippen molar-refractivity contribution < 1.29 is 9.53 Å². The van der Waals surface area contributed by atoms with Crippen molar-refractivity contribution in [1.82, 2.24) is 24.8 Å². The van der Waals surface area contributed by atoms with E-state index in [1.54, 1.807) is 6.20 Å². The lowest BCUT2D eigenvalue weighted by Crippen LogP contribution is -2.50. The number of carbonyl (C=O) groups excluding carboxylic acids is 1. The van der Waals surface area contributed by atoms with Gasteiger partial charge in [-0.15, -0.1) is 5.10 Å². The predicted molar refractivity (Wildman–Crippen MR) is 88.1 cm³/mol. The summed E-state index contributed by atoms with van der Waals surface area (Å²) in [5.74, 6) is 0.0975. The van der Waals surface area contributed by atoms with Crippen molar-refractivity contribution >= 4 is 22.8 Å². The van der Waals surface area contributed by atoms with Crippen LogP contribution in [0.15, 0.2) is 21.8 Å². The van der Waals surface area contributed by atoms with Crippen LogP contribution in [-0.2, 0) is 16.1 Å². The van der Waals surface area contributed by atoms with E-state index in [1.165, 1.54) is 11.8 Å². The summed E-state index contributed by atoms with van der Waals surface area (Å²) in [5, 5.41) is 9.15. The molecule has 0 N–H and O–H groups in total. The number of hydrogen-bond donors (Lipinski definition) is 0. The minimum absolute atomic E-state index is 0.0541. The number of piperidine rings is 1. The highest BCUT2D eigenvalue weighted by atomic mass is 32.2. The molecule has 4 aliphatic rings. The van der Waals surface area contributed by atoms with Crippen LogP contribution in [0, 0.1) is 0 Å². The van der Waals surface area contributed by atoms with Gasteiger partial charge in [0.1, 0.15) is 0 Å². The second kappa shape index (κ2) is 5.32. The summed E-state index contributed by atoms with van der Waals surface area (Å²) in [4.78, 5) is 22.4. The van der Waals surface area contributed by atoms with Crippen LogP contribution in [0.3, 0.4) is 0 Å². The summed E-state index contributed by atoms with van der Waals surface area (Å²) >= 11 is 1.51. The fraction of sp³-hybridized carbons (Fsp3) is 0.600. The molecule has 0 aromatic carbocycles. The summed E-state index contributed by atoms with van der Waals surface area (Å²) in [7, 11) is 0. The number of fused-ring (bicyclic) bond motifs is 4. The summed E-state index contributed by atoms with van der Waals surface area (Å²) in [6.45, 7) is 5.60. The molecule has 1 amide bonds. The molecule has 9 heteroatoms. The maximum atomic E-state index is 13.0. The van der Waals surface area contributed by atoms with Crippen LogP contribution in [-0.4, -0.2) is 68.2 Å². The van der Waals surface area contributed by atoms with E-state index in [9.17, 15) is 4.79 Å². The van der Waals surface area contributed by atoms with Crippen molar-refractivity contribution in [3.63, 3.8) is 0 Å². The molecule has 0 aliphatic carbocycles. The molecule has 0 saturated carbocycles. The van der Waals surface area contributed by atoms with Gasteiger partial charge in [-0.1, -0.05) is 5.21 Å². The monoisotopic (exact) mass is 346 g/mol. The third kappa shape index (κ3) is 2.04. The van der Waals surface area contributed by atoms with E-state index in [0.29, 0.717) is 19.7 Å². The number of aromatic nitrogens is 3. The topological polar surface area (TPSA) is 75.9 Å². The number of amidine groups is 1. The molecule has 1 aromatic heterocycles. The van der Waals surface area contributed by atoms with Crippen molar-refractivity contribution in [1.29, 1.82) is 0 Å². The second-order valence-electron chi connectivity index (χ2n) is 6.46. The normalized spacial score (nSPS) is 28.6. The van der Waals surface area contributed by atoms with E-state index in [1.807, 2.05) is 16.5 Å². The average Bonchev–Trinajstić information content (AvgIpc) is 3.31. The number of likely N-dealkylation sites (tertiary alicyclic amines) is 1. The van der Waals surface area contributed by atoms with E-state index < -0.39 is 0 Å². The van der Waals surface area contributed by atoms with Crippen molar-refractivity contribution in [3.05, 3.63) is 22.5 Å². The first-order valence-electron chi connectivity index (χ1n) is 8.23. The van der Waals surface area contributed by atoms with E-state index in [2.05, 4.69) is 20.2 Å². The molecule has 0 radical (unpaired) electrons. The number of carbonyl (C=O) groups is 1. The Labute approximate surface area is 143 Å². The van der Waals surface area contributed by atoms with Gasteiger partial charge in [0.2, 0.25) is 0 Å². The molecular formula is C15H18N6O2S. The Morgan fingerprint density at radius 2 is 2.33 bits per heavy atom. The Balaban J connectivity index is 1.38. The smallest absolute Gasteiger partial charge is 0.262 e. The van der Waals surface area contributed by atoms with E-state index in [-0.39, 0.29) is 18.1 Å². The molecular weight excluding hydrogens is 328 g/mol. The third-order valence-corrected chi connectivity index (χ3v) is 6.34. The number of thioether (sulfide) groups is 1. The molecule has 1 saturated heterocycles. The maximum absolute atomic E-state index is 13.0. The van der Waals surface area contributed by atoms with Crippen LogP contribution in [0.4, 0.5) is 0 Å². The lowest BCUT2D eigenvalue weighted by molar-refractivity contribution is -0.133. The third-order valence-electron chi connectivity index (χ3n) is 5.14. The molecule has 126 valence electrons. The Morgan fingerprint density at radius 1 is 1.42 bits per heavy atom. The average molecular weight is 346 g/mol. The number of hydrogen-bond acceptors (Lipinski definition) is 7. The quantitative estimate of drug-likeness (QED) is 0.741. The van der Waals surface area contributed by atoms with Gasteiger partial charge in [0.25, 0.3) is 5.91 Å². The SMILES string of the molecule is CC1=C(C(=O)N2CC[C@H]3OCc4cnnn4[C@H]3C2)SC2=NCCN21. The van der Waals surface area contributed by atoms with Gasteiger partial charge in [0.15, 0.2) is 5.17 Å². The Hall–Kier alpha value is -1.87. The van der Waals surface area contributed by atoms with Crippen LogP contribution in [0.5, 0.6) is 0 Å². The van der Waals surface area contributed by atoms with Crippen molar-refractivity contribution in [2.24, 2.45) is 4.99 Å². The molecule has 8 nitrogen and oxygen atoms in total. The van der Waals surface area contributed by atoms with Crippen LogP contribution in [0.2, 0.25) is 0 Å². The van der Waals surface area contributed by atoms with Gasteiger partial charge in [0.05, 0.1) is 42.1 Å². The van der Waals surface area contributed by atoms with Gasteiger partial charge in [-0.05, 0) is 25.1 Å². The highest BCUT2D eigenvalue weighted by Crippen LogP contribution is 2.38. The fourth-order valence-electron chi connectivity index (χ4n) is 3.82. The molecule has 0 spiro atoms. The van der Waals surface area contributed by atoms with Crippen molar-refractivity contribution in [3.8, 4) is 0 Å². The first-order valence-corrected chi connectivity index (χ1v) is 9.04. The lowest BCUT2D eigenvalue weighted by Gasteiger charge is -2.41. The first-order chi connectivity index (χ1) is 11.7. The maximum Gasteiger partial charge on any atom is 0.262 e. The van der Waals surface area contributed by atoms with E-state index in [4.69, 9.17) is 4.74 Å². The zero-order valence-electron chi connectivity index (χ0n) is 13.4. The molecule has 5 rings (SSSR count). The number of allylic oxidation sites excluding steroid dienone is 1. The highest BCUT2D eigenvalue weighted by Gasteiger charge is 2.41. The van der Waals surface area contributed by atoms with Crippen LogP contribution >= 0.6 is 11.8 Å². The standard InChI is InChI=1S/C15H18N6O2S/c1-9-13(24-15-16-3-5-20(9)15)14(22)19-4-2-12-11(7-19)21-10(8-23-12)6-17-18-21/h6,11-12H,2-5,7-8H2,1H3/t11-,12+/m0/s1. The Morgan fingerprint density at radius 3 is 3.21 bits per heavy atom. The van der Waals surface area contributed by atoms with Gasteiger partial charge in [-0.3, -0.25) is 9.79 Å². The molecule has 24 heavy (non-hydrogen) atoms. The van der Waals surface area contributed by atoms with Crippen molar-refractivity contribution in [2.75, 3.05) is 26.2 Å². The van der Waals surface area contributed by atoms with Gasteiger partial charge in [-0.25, -0.2) is 4.68 Å². The molecule has 0 unspecified atom stereocenters.